The molecule has 1 heterocycles. The van der Waals surface area contributed by atoms with E-state index in [1.165, 1.54) is 17.4 Å². The number of methoxy groups -OCH3 is 1. The number of thiazole rings is 1. The molecule has 0 aliphatic rings. The minimum atomic E-state index is -0.335. The molecule has 4 nitrogen and oxygen atoms in total. The quantitative estimate of drug-likeness (QED) is 0.641. The minimum Gasteiger partial charge on any atom is -0.495 e. The molecule has 2 aromatic carbocycles. The van der Waals surface area contributed by atoms with Crippen molar-refractivity contribution in [2.75, 3.05) is 7.11 Å². The average Bonchev–Trinajstić information content (AvgIpc) is 2.93. The van der Waals surface area contributed by atoms with E-state index in [0.717, 1.165) is 27.1 Å². The van der Waals surface area contributed by atoms with Gasteiger partial charge in [0, 0.05) is 18.1 Å². The lowest BCUT2D eigenvalue weighted by Gasteiger charge is -2.05. The van der Waals surface area contributed by atoms with Crippen molar-refractivity contribution < 1.29 is 9.53 Å². The number of carbonyl (C=O) groups excluding carboxylic acids is 1. The lowest BCUT2D eigenvalue weighted by molar-refractivity contribution is -0.113. The number of halogens is 1. The van der Waals surface area contributed by atoms with Gasteiger partial charge in [0.1, 0.15) is 11.3 Å². The van der Waals surface area contributed by atoms with Crippen LogP contribution in [-0.4, -0.2) is 17.6 Å². The Bertz CT molecular complexity index is 1050. The summed E-state index contributed by atoms with van der Waals surface area (Å²) in [6.07, 6.45) is 3.10. The summed E-state index contributed by atoms with van der Waals surface area (Å²) < 4.78 is 8.37. The predicted octanol–water partition coefficient (Wildman–Crippen LogP) is 4.35. The number of fused-ring (bicyclic) bond motifs is 1. The normalized spacial score (nSPS) is 12.2. The highest BCUT2D eigenvalue weighted by Gasteiger charge is 2.11. The first kappa shape index (κ1) is 17.5. The van der Waals surface area contributed by atoms with Crippen LogP contribution in [0.5, 0.6) is 5.75 Å². The number of hydrogen-bond acceptors (Lipinski definition) is 3. The fourth-order valence-corrected chi connectivity index (χ4v) is 3.83. The molecule has 0 unspecified atom stereocenters. The molecule has 6 heteroatoms. The van der Waals surface area contributed by atoms with Crippen LogP contribution in [0.1, 0.15) is 11.1 Å². The standard InChI is InChI=1S/C19H17ClN2O2S/c1-12-8-10-15(24-3)17-18(12)25-19(22(17)2)21-16(23)11-9-13-6-4-5-7-14(13)20/h4-11H,1-3H3/b11-9+,21-19?. The largest absolute Gasteiger partial charge is 0.495 e. The maximum Gasteiger partial charge on any atom is 0.272 e. The van der Waals surface area contributed by atoms with Gasteiger partial charge in [-0.2, -0.15) is 4.99 Å². The predicted molar refractivity (Wildman–Crippen MR) is 103 cm³/mol. The molecule has 0 N–H and O–H groups in total. The second-order valence-electron chi connectivity index (χ2n) is 5.51. The number of benzene rings is 2. The van der Waals surface area contributed by atoms with Crippen LogP contribution in [0.25, 0.3) is 16.3 Å². The van der Waals surface area contributed by atoms with Crippen molar-refractivity contribution in [3.63, 3.8) is 0 Å². The van der Waals surface area contributed by atoms with Crippen molar-refractivity contribution in [3.05, 3.63) is 63.4 Å². The maximum absolute atomic E-state index is 12.2. The summed E-state index contributed by atoms with van der Waals surface area (Å²) in [4.78, 5) is 17.1. The molecule has 3 rings (SSSR count). The lowest BCUT2D eigenvalue weighted by Crippen LogP contribution is -2.12. The van der Waals surface area contributed by atoms with Crippen LogP contribution < -0.4 is 9.54 Å². The molecule has 0 bridgehead atoms. The van der Waals surface area contributed by atoms with Crippen molar-refractivity contribution in [3.8, 4) is 5.75 Å². The van der Waals surface area contributed by atoms with E-state index in [1.807, 2.05) is 48.9 Å². The molecule has 0 aliphatic heterocycles. The summed E-state index contributed by atoms with van der Waals surface area (Å²) in [5.41, 5.74) is 2.84. The first-order valence-corrected chi connectivity index (χ1v) is 8.85. The number of rotatable bonds is 3. The number of nitrogens with zero attached hydrogens (tertiary/aromatic N) is 2. The lowest BCUT2D eigenvalue weighted by atomic mass is 10.2. The third-order valence-corrected chi connectivity index (χ3v) is 5.45. The monoisotopic (exact) mass is 372 g/mol. The summed E-state index contributed by atoms with van der Waals surface area (Å²) in [5, 5.41) is 0.597. The van der Waals surface area contributed by atoms with Crippen LogP contribution in [0.2, 0.25) is 5.02 Å². The summed E-state index contributed by atoms with van der Waals surface area (Å²) in [6.45, 7) is 2.03. The Balaban J connectivity index is 2.01. The third-order valence-electron chi connectivity index (χ3n) is 3.84. The Morgan fingerprint density at radius 3 is 2.76 bits per heavy atom. The minimum absolute atomic E-state index is 0.335. The Kier molecular flexibility index (Phi) is 5.06. The van der Waals surface area contributed by atoms with Crippen LogP contribution in [0.3, 0.4) is 0 Å². The number of hydrogen-bond donors (Lipinski definition) is 0. The molecular formula is C19H17ClN2O2S. The van der Waals surface area contributed by atoms with E-state index in [9.17, 15) is 4.79 Å². The van der Waals surface area contributed by atoms with Crippen molar-refractivity contribution in [2.45, 2.75) is 6.92 Å². The van der Waals surface area contributed by atoms with Gasteiger partial charge in [-0.15, -0.1) is 0 Å². The highest BCUT2D eigenvalue weighted by Crippen LogP contribution is 2.29. The smallest absolute Gasteiger partial charge is 0.272 e. The van der Waals surface area contributed by atoms with E-state index in [4.69, 9.17) is 16.3 Å². The molecule has 0 aliphatic carbocycles. The molecule has 128 valence electrons. The van der Waals surface area contributed by atoms with Crippen LogP contribution in [0.4, 0.5) is 0 Å². The van der Waals surface area contributed by atoms with Gasteiger partial charge in [0.15, 0.2) is 4.80 Å². The fourth-order valence-electron chi connectivity index (χ4n) is 2.52. The first-order valence-electron chi connectivity index (χ1n) is 7.65. The molecule has 0 saturated carbocycles. The number of amides is 1. The van der Waals surface area contributed by atoms with Gasteiger partial charge in [-0.25, -0.2) is 0 Å². The number of aromatic nitrogens is 1. The Hall–Kier alpha value is -2.37. The van der Waals surface area contributed by atoms with Crippen LogP contribution >= 0.6 is 22.9 Å². The SMILES string of the molecule is COc1ccc(C)c2sc(=NC(=O)/C=C/c3ccccc3Cl)n(C)c12. The van der Waals surface area contributed by atoms with Gasteiger partial charge in [0.2, 0.25) is 0 Å². The summed E-state index contributed by atoms with van der Waals surface area (Å²) >= 11 is 7.56. The van der Waals surface area contributed by atoms with Crippen LogP contribution in [0.15, 0.2) is 47.5 Å². The highest BCUT2D eigenvalue weighted by molar-refractivity contribution is 7.16. The first-order chi connectivity index (χ1) is 12.0. The summed E-state index contributed by atoms with van der Waals surface area (Å²) in [6, 6.07) is 11.3. The van der Waals surface area contributed by atoms with Crippen molar-refractivity contribution in [2.24, 2.45) is 12.0 Å². The Labute approximate surface area is 154 Å². The number of aryl methyl sites for hydroxylation is 2. The topological polar surface area (TPSA) is 43.6 Å². The molecule has 0 radical (unpaired) electrons. The zero-order valence-electron chi connectivity index (χ0n) is 14.1. The third kappa shape index (κ3) is 3.52. The second kappa shape index (κ2) is 7.25. The molecule has 0 atom stereocenters. The maximum atomic E-state index is 12.2. The molecular weight excluding hydrogens is 356 g/mol. The van der Waals surface area contributed by atoms with E-state index in [-0.39, 0.29) is 5.91 Å². The van der Waals surface area contributed by atoms with E-state index >= 15 is 0 Å². The molecule has 1 aromatic heterocycles. The molecule has 3 aromatic rings. The van der Waals surface area contributed by atoms with E-state index in [2.05, 4.69) is 4.99 Å². The summed E-state index contributed by atoms with van der Waals surface area (Å²) in [7, 11) is 3.51. The molecule has 0 saturated heterocycles. The van der Waals surface area contributed by atoms with Gasteiger partial charge < -0.3 is 9.30 Å². The zero-order valence-corrected chi connectivity index (χ0v) is 15.7. The van der Waals surface area contributed by atoms with Crippen molar-refractivity contribution >= 4 is 45.1 Å². The molecule has 25 heavy (non-hydrogen) atoms. The van der Waals surface area contributed by atoms with Crippen molar-refractivity contribution in [1.82, 2.24) is 4.57 Å². The number of carbonyl (C=O) groups is 1. The van der Waals surface area contributed by atoms with Gasteiger partial charge in [0.25, 0.3) is 5.91 Å². The van der Waals surface area contributed by atoms with Crippen LogP contribution in [0, 0.1) is 6.92 Å². The second-order valence-corrected chi connectivity index (χ2v) is 6.90. The summed E-state index contributed by atoms with van der Waals surface area (Å²) in [5.74, 6) is 0.429. The van der Waals surface area contributed by atoms with Gasteiger partial charge in [0.05, 0.1) is 11.8 Å². The van der Waals surface area contributed by atoms with Gasteiger partial charge in [-0.3, -0.25) is 4.79 Å². The molecule has 0 spiro atoms. The van der Waals surface area contributed by atoms with Gasteiger partial charge in [-0.05, 0) is 36.3 Å². The Morgan fingerprint density at radius 2 is 2.04 bits per heavy atom. The fraction of sp³-hybridized carbons (Fsp3) is 0.158. The van der Waals surface area contributed by atoms with E-state index in [0.29, 0.717) is 9.82 Å². The average molecular weight is 373 g/mol. The molecule has 0 fully saturated rings. The van der Waals surface area contributed by atoms with E-state index in [1.54, 1.807) is 19.3 Å². The van der Waals surface area contributed by atoms with E-state index < -0.39 is 0 Å². The highest BCUT2D eigenvalue weighted by atomic mass is 35.5. The Morgan fingerprint density at radius 1 is 1.28 bits per heavy atom. The molecule has 1 amide bonds. The van der Waals surface area contributed by atoms with Crippen molar-refractivity contribution in [1.29, 1.82) is 0 Å². The van der Waals surface area contributed by atoms with Gasteiger partial charge >= 0.3 is 0 Å². The van der Waals surface area contributed by atoms with Gasteiger partial charge in [-0.1, -0.05) is 47.2 Å². The number of ether oxygens (including phenoxy) is 1. The zero-order chi connectivity index (χ0) is 18.0. The van der Waals surface area contributed by atoms with Crippen LogP contribution in [-0.2, 0) is 11.8 Å².